The summed E-state index contributed by atoms with van der Waals surface area (Å²) in [7, 11) is 0. The zero-order valence-electron chi connectivity index (χ0n) is 12.4. The van der Waals surface area contributed by atoms with Gasteiger partial charge in [0.1, 0.15) is 11.5 Å². The molecule has 0 saturated carbocycles. The fourth-order valence-corrected chi connectivity index (χ4v) is 2.56. The first-order valence-corrected chi connectivity index (χ1v) is 7.34. The van der Waals surface area contributed by atoms with Crippen molar-refractivity contribution in [3.05, 3.63) is 40.6 Å². The van der Waals surface area contributed by atoms with Crippen LogP contribution in [0.5, 0.6) is 0 Å². The van der Waals surface area contributed by atoms with Crippen LogP contribution in [-0.2, 0) is 0 Å². The predicted molar refractivity (Wildman–Crippen MR) is 80.6 cm³/mol. The average molecular weight is 302 g/mol. The van der Waals surface area contributed by atoms with Crippen molar-refractivity contribution in [3.63, 3.8) is 0 Å². The molecule has 0 unspecified atom stereocenters. The second-order valence-electron chi connectivity index (χ2n) is 5.19. The molecular weight excluding hydrogens is 284 g/mol. The second kappa shape index (κ2) is 6.15. The minimum atomic E-state index is -0.551. The maximum Gasteiger partial charge on any atom is 0.346 e. The first-order valence-electron chi connectivity index (χ1n) is 7.34. The molecule has 1 N–H and O–H groups in total. The summed E-state index contributed by atoms with van der Waals surface area (Å²) < 4.78 is 5.25. The van der Waals surface area contributed by atoms with Crippen molar-refractivity contribution in [2.45, 2.75) is 6.92 Å². The molecule has 1 aliphatic heterocycles. The lowest BCUT2D eigenvalue weighted by Crippen LogP contribution is -2.48. The van der Waals surface area contributed by atoms with E-state index in [-0.39, 0.29) is 11.6 Å². The number of hydrogen-bond acceptors (Lipinski definition) is 5. The molecule has 3 heterocycles. The number of aromatic amines is 1. The van der Waals surface area contributed by atoms with Crippen molar-refractivity contribution < 1.29 is 9.21 Å². The number of carbonyl (C=O) groups is 1. The van der Waals surface area contributed by atoms with Gasteiger partial charge in [-0.2, -0.15) is 4.98 Å². The molecule has 2 aromatic heterocycles. The van der Waals surface area contributed by atoms with Crippen molar-refractivity contribution in [1.82, 2.24) is 19.8 Å². The fraction of sp³-hybridized carbons (Fsp3) is 0.400. The van der Waals surface area contributed by atoms with Gasteiger partial charge in [-0.25, -0.2) is 4.79 Å². The quantitative estimate of drug-likeness (QED) is 0.907. The fourth-order valence-electron chi connectivity index (χ4n) is 2.56. The number of amides is 1. The first kappa shape index (κ1) is 14.5. The summed E-state index contributed by atoms with van der Waals surface area (Å²) in [5.74, 6) is 0.291. The molecule has 0 bridgehead atoms. The van der Waals surface area contributed by atoms with Gasteiger partial charge in [0.2, 0.25) is 0 Å². The Morgan fingerprint density at radius 3 is 2.77 bits per heavy atom. The van der Waals surface area contributed by atoms with Gasteiger partial charge in [-0.05, 0) is 24.7 Å². The molecule has 0 aromatic carbocycles. The lowest BCUT2D eigenvalue weighted by atomic mass is 10.2. The van der Waals surface area contributed by atoms with Crippen molar-refractivity contribution in [2.24, 2.45) is 0 Å². The largest absolute Gasteiger partial charge is 0.463 e. The summed E-state index contributed by atoms with van der Waals surface area (Å²) in [6, 6.07) is 5.01. The van der Waals surface area contributed by atoms with E-state index in [0.717, 1.165) is 19.6 Å². The lowest BCUT2D eigenvalue weighted by Gasteiger charge is -2.33. The Hall–Kier alpha value is -2.41. The third-order valence-electron chi connectivity index (χ3n) is 3.86. The Balaban J connectivity index is 1.83. The van der Waals surface area contributed by atoms with Gasteiger partial charge in [0.25, 0.3) is 5.91 Å². The molecule has 22 heavy (non-hydrogen) atoms. The number of carbonyl (C=O) groups excluding carboxylic acids is 1. The smallest absolute Gasteiger partial charge is 0.346 e. The Bertz CT molecular complexity index is 700. The van der Waals surface area contributed by atoms with Gasteiger partial charge in [-0.15, -0.1) is 0 Å². The second-order valence-corrected chi connectivity index (χ2v) is 5.19. The van der Waals surface area contributed by atoms with Crippen LogP contribution in [0, 0.1) is 0 Å². The highest BCUT2D eigenvalue weighted by Crippen LogP contribution is 2.17. The molecular formula is C15H18N4O3. The number of hydrogen-bond donors (Lipinski definition) is 1. The number of aromatic nitrogens is 2. The summed E-state index contributed by atoms with van der Waals surface area (Å²) >= 11 is 0. The number of nitrogens with one attached hydrogen (secondary N) is 1. The third kappa shape index (κ3) is 2.94. The van der Waals surface area contributed by atoms with E-state index in [4.69, 9.17) is 4.42 Å². The summed E-state index contributed by atoms with van der Waals surface area (Å²) in [6.45, 7) is 6.07. The first-order chi connectivity index (χ1) is 10.7. The van der Waals surface area contributed by atoms with E-state index < -0.39 is 5.69 Å². The highest BCUT2D eigenvalue weighted by atomic mass is 16.3. The molecule has 7 heteroatoms. The van der Waals surface area contributed by atoms with E-state index in [0.29, 0.717) is 24.5 Å². The van der Waals surface area contributed by atoms with E-state index in [1.165, 1.54) is 6.26 Å². The average Bonchev–Trinajstić information content (AvgIpc) is 3.08. The molecule has 2 aromatic rings. The number of nitrogens with zero attached hydrogens (tertiary/aromatic N) is 3. The Morgan fingerprint density at radius 2 is 2.14 bits per heavy atom. The lowest BCUT2D eigenvalue weighted by molar-refractivity contribution is 0.0637. The summed E-state index contributed by atoms with van der Waals surface area (Å²) in [4.78, 5) is 34.6. The van der Waals surface area contributed by atoms with Crippen LogP contribution < -0.4 is 5.69 Å². The number of H-pyrrole nitrogens is 1. The van der Waals surface area contributed by atoms with Crippen LogP contribution >= 0.6 is 0 Å². The normalized spacial score (nSPS) is 16.0. The van der Waals surface area contributed by atoms with E-state index in [9.17, 15) is 9.59 Å². The zero-order chi connectivity index (χ0) is 15.5. The molecule has 116 valence electrons. The van der Waals surface area contributed by atoms with Crippen LogP contribution in [0.25, 0.3) is 11.5 Å². The molecule has 0 spiro atoms. The van der Waals surface area contributed by atoms with E-state index in [1.807, 2.05) is 0 Å². The Labute approximate surface area is 127 Å². The molecule has 3 rings (SSSR count). The maximum atomic E-state index is 12.5. The summed E-state index contributed by atoms with van der Waals surface area (Å²) in [6.07, 6.45) is 1.51. The number of likely N-dealkylation sites (N-methyl/N-ethyl adjacent to an activating group) is 1. The molecule has 7 nitrogen and oxygen atoms in total. The van der Waals surface area contributed by atoms with Crippen LogP contribution in [0.15, 0.2) is 33.7 Å². The van der Waals surface area contributed by atoms with E-state index in [1.54, 1.807) is 23.1 Å². The number of furan rings is 1. The highest BCUT2D eigenvalue weighted by molar-refractivity contribution is 5.93. The third-order valence-corrected chi connectivity index (χ3v) is 3.86. The highest BCUT2D eigenvalue weighted by Gasteiger charge is 2.23. The van der Waals surface area contributed by atoms with E-state index in [2.05, 4.69) is 21.8 Å². The monoisotopic (exact) mass is 302 g/mol. The van der Waals surface area contributed by atoms with Gasteiger partial charge < -0.3 is 19.2 Å². The van der Waals surface area contributed by atoms with Crippen LogP contribution in [-0.4, -0.2) is 58.4 Å². The van der Waals surface area contributed by atoms with Crippen molar-refractivity contribution in [2.75, 3.05) is 32.7 Å². The molecule has 0 aliphatic carbocycles. The van der Waals surface area contributed by atoms with Gasteiger partial charge in [-0.1, -0.05) is 6.92 Å². The van der Waals surface area contributed by atoms with Crippen LogP contribution in [0.4, 0.5) is 0 Å². The maximum absolute atomic E-state index is 12.5. The number of rotatable bonds is 3. The summed E-state index contributed by atoms with van der Waals surface area (Å²) in [5.41, 5.74) is 0.0603. The minimum Gasteiger partial charge on any atom is -0.463 e. The van der Waals surface area contributed by atoms with Crippen molar-refractivity contribution >= 4 is 5.91 Å². The standard InChI is InChI=1S/C15H18N4O3/c1-2-18-5-7-19(8-6-18)14(20)12-10-11(16-15(21)17-12)13-4-3-9-22-13/h3-4,9-10H,2,5-8H2,1H3,(H,16,17,21). The van der Waals surface area contributed by atoms with Crippen LogP contribution in [0.1, 0.15) is 17.4 Å². The SMILES string of the molecule is CCN1CCN(C(=O)c2cc(-c3ccco3)[nH]c(=O)n2)CC1. The van der Waals surface area contributed by atoms with Gasteiger partial charge in [0, 0.05) is 26.2 Å². The van der Waals surface area contributed by atoms with E-state index >= 15 is 0 Å². The van der Waals surface area contributed by atoms with Gasteiger partial charge in [-0.3, -0.25) is 4.79 Å². The van der Waals surface area contributed by atoms with Gasteiger partial charge >= 0.3 is 5.69 Å². The summed E-state index contributed by atoms with van der Waals surface area (Å²) in [5, 5.41) is 0. The molecule has 1 saturated heterocycles. The van der Waals surface area contributed by atoms with Gasteiger partial charge in [0.05, 0.1) is 12.0 Å². The van der Waals surface area contributed by atoms with Gasteiger partial charge in [0.15, 0.2) is 0 Å². The molecule has 0 radical (unpaired) electrons. The Kier molecular flexibility index (Phi) is 4.06. The topological polar surface area (TPSA) is 82.4 Å². The molecule has 1 aliphatic rings. The molecule has 1 amide bonds. The van der Waals surface area contributed by atoms with Crippen LogP contribution in [0.2, 0.25) is 0 Å². The van der Waals surface area contributed by atoms with Crippen LogP contribution in [0.3, 0.4) is 0 Å². The Morgan fingerprint density at radius 1 is 1.36 bits per heavy atom. The minimum absolute atomic E-state index is 0.153. The number of piperazine rings is 1. The zero-order valence-corrected chi connectivity index (χ0v) is 12.4. The van der Waals surface area contributed by atoms with Crippen molar-refractivity contribution in [1.29, 1.82) is 0 Å². The molecule has 1 fully saturated rings. The van der Waals surface area contributed by atoms with Crippen molar-refractivity contribution in [3.8, 4) is 11.5 Å². The molecule has 0 atom stereocenters. The predicted octanol–water partition coefficient (Wildman–Crippen LogP) is 0.808.